The monoisotopic (exact) mass is 234 g/mol. The van der Waals surface area contributed by atoms with E-state index in [-0.39, 0.29) is 11.6 Å². The summed E-state index contributed by atoms with van der Waals surface area (Å²) in [6.07, 6.45) is 0.369. The lowest BCUT2D eigenvalue weighted by Gasteiger charge is -2.06. The Morgan fingerprint density at radius 2 is 1.76 bits per heavy atom. The summed E-state index contributed by atoms with van der Waals surface area (Å²) in [4.78, 5) is 0. The third kappa shape index (κ3) is 2.61. The summed E-state index contributed by atoms with van der Waals surface area (Å²) in [5.74, 6) is -0.507. The van der Waals surface area contributed by atoms with Crippen LogP contribution in [0.1, 0.15) is 11.1 Å². The van der Waals surface area contributed by atoms with Crippen LogP contribution in [0.15, 0.2) is 42.5 Å². The van der Waals surface area contributed by atoms with Crippen molar-refractivity contribution < 1.29 is 13.5 Å². The van der Waals surface area contributed by atoms with Gasteiger partial charge in [-0.25, -0.2) is 8.78 Å². The highest BCUT2D eigenvalue weighted by atomic mass is 19.1. The van der Waals surface area contributed by atoms with Crippen molar-refractivity contribution in [2.24, 2.45) is 0 Å². The van der Waals surface area contributed by atoms with Gasteiger partial charge in [0.1, 0.15) is 5.82 Å². The van der Waals surface area contributed by atoms with Crippen LogP contribution in [0.25, 0.3) is 0 Å². The average molecular weight is 234 g/mol. The van der Waals surface area contributed by atoms with Gasteiger partial charge in [0.15, 0.2) is 11.6 Å². The average Bonchev–Trinajstić information content (AvgIpc) is 2.32. The van der Waals surface area contributed by atoms with E-state index in [2.05, 4.69) is 0 Å². The molecule has 0 aromatic heterocycles. The van der Waals surface area contributed by atoms with Gasteiger partial charge in [-0.3, -0.25) is 0 Å². The quantitative estimate of drug-likeness (QED) is 0.789. The topological polar surface area (TPSA) is 9.23 Å². The lowest BCUT2D eigenvalue weighted by molar-refractivity contribution is 0.386. The molecule has 0 aliphatic rings. The molecule has 2 rings (SSSR count). The maximum atomic E-state index is 13.4. The van der Waals surface area contributed by atoms with E-state index in [4.69, 9.17) is 4.74 Å². The molecule has 1 nitrogen and oxygen atoms in total. The molecule has 0 aliphatic heterocycles. The molecule has 0 saturated carbocycles. The zero-order valence-electron chi connectivity index (χ0n) is 9.41. The number of hydrogen-bond donors (Lipinski definition) is 0. The largest absolute Gasteiger partial charge is 0.494 e. The zero-order valence-corrected chi connectivity index (χ0v) is 9.41. The minimum atomic E-state index is -0.429. The van der Waals surface area contributed by atoms with Gasteiger partial charge in [-0.2, -0.15) is 0 Å². The minimum absolute atomic E-state index is 0.197. The van der Waals surface area contributed by atoms with E-state index in [1.54, 1.807) is 30.3 Å². The Balaban J connectivity index is 2.25. The Morgan fingerprint density at radius 3 is 2.41 bits per heavy atom. The smallest absolute Gasteiger partial charge is 0.165 e. The second-order valence-electron chi connectivity index (χ2n) is 3.74. The van der Waals surface area contributed by atoms with Crippen LogP contribution in [-0.4, -0.2) is 7.11 Å². The van der Waals surface area contributed by atoms with Gasteiger partial charge in [-0.15, -0.1) is 0 Å². The summed E-state index contributed by atoms with van der Waals surface area (Å²) in [6.45, 7) is 0. The molecule has 0 heterocycles. The maximum absolute atomic E-state index is 13.4. The zero-order chi connectivity index (χ0) is 12.3. The summed E-state index contributed by atoms with van der Waals surface area (Å²) >= 11 is 0. The summed E-state index contributed by atoms with van der Waals surface area (Å²) in [6, 6.07) is 11.1. The Kier molecular flexibility index (Phi) is 3.38. The molecule has 17 heavy (non-hydrogen) atoms. The Hall–Kier alpha value is -1.90. The van der Waals surface area contributed by atoms with E-state index >= 15 is 0 Å². The standard InChI is InChI=1S/C14H12F2O/c1-17-14-7-6-10(9-13(14)16)8-11-4-2-3-5-12(11)15/h2-7,9H,8H2,1H3. The Morgan fingerprint density at radius 1 is 1.00 bits per heavy atom. The van der Waals surface area contributed by atoms with Crippen LogP contribution in [0, 0.1) is 11.6 Å². The van der Waals surface area contributed by atoms with E-state index in [0.29, 0.717) is 17.5 Å². The van der Waals surface area contributed by atoms with Gasteiger partial charge < -0.3 is 4.74 Å². The van der Waals surface area contributed by atoms with Gasteiger partial charge in [-0.1, -0.05) is 24.3 Å². The third-order valence-corrected chi connectivity index (χ3v) is 2.57. The predicted molar refractivity (Wildman–Crippen MR) is 62.2 cm³/mol. The van der Waals surface area contributed by atoms with E-state index in [1.807, 2.05) is 0 Å². The summed E-state index contributed by atoms with van der Waals surface area (Å²) in [7, 11) is 1.41. The molecule has 0 radical (unpaired) electrons. The molecule has 0 spiro atoms. The Labute approximate surface area is 98.7 Å². The fraction of sp³-hybridized carbons (Fsp3) is 0.143. The summed E-state index contributed by atoms with van der Waals surface area (Å²) < 4.78 is 31.7. The normalized spacial score (nSPS) is 10.3. The minimum Gasteiger partial charge on any atom is -0.494 e. The summed E-state index contributed by atoms with van der Waals surface area (Å²) in [5, 5.41) is 0. The highest BCUT2D eigenvalue weighted by Crippen LogP contribution is 2.20. The van der Waals surface area contributed by atoms with Gasteiger partial charge in [0.25, 0.3) is 0 Å². The van der Waals surface area contributed by atoms with Crippen molar-refractivity contribution in [3.05, 3.63) is 65.2 Å². The van der Waals surface area contributed by atoms with Crippen LogP contribution in [-0.2, 0) is 6.42 Å². The highest BCUT2D eigenvalue weighted by Gasteiger charge is 2.06. The molecule has 0 fully saturated rings. The molecule has 0 bridgehead atoms. The molecule has 0 N–H and O–H groups in total. The van der Waals surface area contributed by atoms with Gasteiger partial charge in [0, 0.05) is 6.42 Å². The second kappa shape index (κ2) is 4.95. The van der Waals surface area contributed by atoms with Crippen LogP contribution in [0.3, 0.4) is 0 Å². The SMILES string of the molecule is COc1ccc(Cc2ccccc2F)cc1F. The first-order valence-corrected chi connectivity index (χ1v) is 5.26. The molecule has 3 heteroatoms. The first-order chi connectivity index (χ1) is 8.20. The number of rotatable bonds is 3. The fourth-order valence-electron chi connectivity index (χ4n) is 1.68. The molecule has 2 aromatic rings. The van der Waals surface area contributed by atoms with E-state index in [9.17, 15) is 8.78 Å². The first-order valence-electron chi connectivity index (χ1n) is 5.26. The van der Waals surface area contributed by atoms with Crippen molar-refractivity contribution in [2.45, 2.75) is 6.42 Å². The second-order valence-corrected chi connectivity index (χ2v) is 3.74. The van der Waals surface area contributed by atoms with Crippen molar-refractivity contribution in [1.82, 2.24) is 0 Å². The van der Waals surface area contributed by atoms with Crippen LogP contribution in [0.2, 0.25) is 0 Å². The van der Waals surface area contributed by atoms with Gasteiger partial charge in [0.05, 0.1) is 7.11 Å². The van der Waals surface area contributed by atoms with Crippen molar-refractivity contribution >= 4 is 0 Å². The maximum Gasteiger partial charge on any atom is 0.165 e. The van der Waals surface area contributed by atoms with Crippen molar-refractivity contribution in [1.29, 1.82) is 0 Å². The van der Waals surface area contributed by atoms with E-state index < -0.39 is 5.82 Å². The number of halogens is 2. The lowest BCUT2D eigenvalue weighted by atomic mass is 10.0. The molecular weight excluding hydrogens is 222 g/mol. The molecule has 88 valence electrons. The fourth-order valence-corrected chi connectivity index (χ4v) is 1.68. The van der Waals surface area contributed by atoms with E-state index in [0.717, 1.165) is 0 Å². The van der Waals surface area contributed by atoms with Crippen LogP contribution < -0.4 is 4.74 Å². The molecule has 0 atom stereocenters. The number of methoxy groups -OCH3 is 1. The van der Waals surface area contributed by atoms with Crippen molar-refractivity contribution in [3.63, 3.8) is 0 Å². The molecule has 0 unspecified atom stereocenters. The lowest BCUT2D eigenvalue weighted by Crippen LogP contribution is -1.94. The van der Waals surface area contributed by atoms with Crippen LogP contribution in [0.5, 0.6) is 5.75 Å². The third-order valence-electron chi connectivity index (χ3n) is 2.57. The van der Waals surface area contributed by atoms with Crippen molar-refractivity contribution in [2.75, 3.05) is 7.11 Å². The Bertz CT molecular complexity index is 523. The number of ether oxygens (including phenoxy) is 1. The molecule has 0 amide bonds. The number of hydrogen-bond acceptors (Lipinski definition) is 1. The van der Waals surface area contributed by atoms with Crippen LogP contribution >= 0.6 is 0 Å². The predicted octanol–water partition coefficient (Wildman–Crippen LogP) is 3.56. The van der Waals surface area contributed by atoms with Gasteiger partial charge in [-0.05, 0) is 29.3 Å². The molecule has 0 aliphatic carbocycles. The van der Waals surface area contributed by atoms with E-state index in [1.165, 1.54) is 19.2 Å². The van der Waals surface area contributed by atoms with Gasteiger partial charge in [0.2, 0.25) is 0 Å². The highest BCUT2D eigenvalue weighted by molar-refractivity contribution is 5.33. The number of benzene rings is 2. The van der Waals surface area contributed by atoms with Crippen LogP contribution in [0.4, 0.5) is 8.78 Å². The molecule has 0 saturated heterocycles. The first kappa shape index (κ1) is 11.6. The van der Waals surface area contributed by atoms with Gasteiger partial charge >= 0.3 is 0 Å². The summed E-state index contributed by atoms with van der Waals surface area (Å²) in [5.41, 5.74) is 1.27. The molecule has 2 aromatic carbocycles. The molecular formula is C14H12F2O. The van der Waals surface area contributed by atoms with Crippen molar-refractivity contribution in [3.8, 4) is 5.75 Å².